The van der Waals surface area contributed by atoms with E-state index in [1.165, 1.54) is 6.07 Å². The second-order valence-corrected chi connectivity index (χ2v) is 6.49. The van der Waals surface area contributed by atoms with Crippen molar-refractivity contribution in [3.05, 3.63) is 29.6 Å². The van der Waals surface area contributed by atoms with Crippen LogP contribution < -0.4 is 4.72 Å². The molecule has 1 fully saturated rings. The van der Waals surface area contributed by atoms with Crippen molar-refractivity contribution in [1.29, 1.82) is 0 Å². The molecule has 0 saturated heterocycles. The third-order valence-electron chi connectivity index (χ3n) is 3.32. The zero-order valence-corrected chi connectivity index (χ0v) is 12.0. The van der Waals surface area contributed by atoms with Crippen LogP contribution in [0.25, 0.3) is 0 Å². The highest BCUT2D eigenvalue weighted by Gasteiger charge is 2.33. The molecule has 1 aliphatic carbocycles. The number of benzene rings is 1. The molecule has 0 unspecified atom stereocenters. The van der Waals surface area contributed by atoms with E-state index in [0.717, 1.165) is 12.1 Å². The first kappa shape index (κ1) is 15.4. The Bertz CT molecular complexity index is 570. The Morgan fingerprint density at radius 1 is 1.45 bits per heavy atom. The van der Waals surface area contributed by atoms with Crippen LogP contribution in [0.4, 0.5) is 4.39 Å². The first-order valence-electron chi connectivity index (χ1n) is 6.49. The molecule has 0 spiro atoms. The van der Waals surface area contributed by atoms with Crippen LogP contribution in [0.15, 0.2) is 23.1 Å². The largest absolute Gasteiger partial charge is 0.392 e. The van der Waals surface area contributed by atoms with Gasteiger partial charge in [0.25, 0.3) is 0 Å². The van der Waals surface area contributed by atoms with Gasteiger partial charge in [0.15, 0.2) is 0 Å². The number of ether oxygens (including phenoxy) is 1. The van der Waals surface area contributed by atoms with Crippen LogP contribution in [0.5, 0.6) is 0 Å². The Kier molecular flexibility index (Phi) is 4.74. The zero-order chi connectivity index (χ0) is 14.8. The van der Waals surface area contributed by atoms with Gasteiger partial charge in [-0.2, -0.15) is 0 Å². The van der Waals surface area contributed by atoms with Crippen molar-refractivity contribution in [1.82, 2.24) is 4.72 Å². The first-order chi connectivity index (χ1) is 9.46. The van der Waals surface area contributed by atoms with Gasteiger partial charge >= 0.3 is 0 Å². The molecule has 2 rings (SSSR count). The molecule has 7 heteroatoms. The van der Waals surface area contributed by atoms with Gasteiger partial charge < -0.3 is 9.84 Å². The lowest BCUT2D eigenvalue weighted by Gasteiger charge is -2.35. The minimum Gasteiger partial charge on any atom is -0.392 e. The van der Waals surface area contributed by atoms with Gasteiger partial charge in [-0.1, -0.05) is 0 Å². The van der Waals surface area contributed by atoms with Crippen molar-refractivity contribution in [3.8, 4) is 0 Å². The lowest BCUT2D eigenvalue weighted by atomic mass is 9.90. The maximum absolute atomic E-state index is 13.2. The minimum absolute atomic E-state index is 0.0336. The van der Waals surface area contributed by atoms with Crippen LogP contribution in [-0.4, -0.2) is 32.3 Å². The van der Waals surface area contributed by atoms with Crippen LogP contribution in [0.2, 0.25) is 0 Å². The zero-order valence-electron chi connectivity index (χ0n) is 11.2. The molecule has 1 aromatic rings. The van der Waals surface area contributed by atoms with E-state index in [2.05, 4.69) is 4.72 Å². The molecule has 1 aromatic carbocycles. The van der Waals surface area contributed by atoms with Crippen molar-refractivity contribution < 1.29 is 22.7 Å². The Morgan fingerprint density at radius 3 is 2.75 bits per heavy atom. The third kappa shape index (κ3) is 3.35. The van der Waals surface area contributed by atoms with Crippen molar-refractivity contribution in [2.24, 2.45) is 0 Å². The molecule has 0 radical (unpaired) electrons. The second-order valence-electron chi connectivity index (χ2n) is 4.78. The second kappa shape index (κ2) is 6.17. The Labute approximate surface area is 117 Å². The molecular weight excluding hydrogens is 285 g/mol. The molecule has 0 aliphatic heterocycles. The van der Waals surface area contributed by atoms with Crippen LogP contribution in [0, 0.1) is 5.82 Å². The molecule has 0 bridgehead atoms. The summed E-state index contributed by atoms with van der Waals surface area (Å²) in [5.41, 5.74) is -0.0336. The van der Waals surface area contributed by atoms with E-state index in [9.17, 15) is 12.8 Å². The lowest BCUT2D eigenvalue weighted by Crippen LogP contribution is -2.47. The van der Waals surface area contributed by atoms with Crippen molar-refractivity contribution in [2.75, 3.05) is 6.61 Å². The Hall–Kier alpha value is -1.02. The summed E-state index contributed by atoms with van der Waals surface area (Å²) < 4.78 is 45.4. The van der Waals surface area contributed by atoms with Crippen LogP contribution in [0.1, 0.15) is 25.3 Å². The SMILES string of the molecule is CCOC1CC(NS(=O)(=O)c2ccc(F)c(CO)c2)C1. The Balaban J connectivity index is 2.04. The summed E-state index contributed by atoms with van der Waals surface area (Å²) in [6.07, 6.45) is 1.39. The summed E-state index contributed by atoms with van der Waals surface area (Å²) in [5.74, 6) is -0.619. The van der Waals surface area contributed by atoms with E-state index in [1.54, 1.807) is 0 Å². The smallest absolute Gasteiger partial charge is 0.240 e. The van der Waals surface area contributed by atoms with Gasteiger partial charge in [-0.3, -0.25) is 0 Å². The highest BCUT2D eigenvalue weighted by molar-refractivity contribution is 7.89. The molecule has 0 aromatic heterocycles. The van der Waals surface area contributed by atoms with Crippen LogP contribution in [0.3, 0.4) is 0 Å². The molecule has 0 atom stereocenters. The van der Waals surface area contributed by atoms with Gasteiger partial charge in [0.2, 0.25) is 10.0 Å². The molecule has 0 heterocycles. The molecule has 0 amide bonds. The molecule has 112 valence electrons. The fourth-order valence-corrected chi connectivity index (χ4v) is 3.47. The third-order valence-corrected chi connectivity index (χ3v) is 4.84. The summed E-state index contributed by atoms with van der Waals surface area (Å²) in [4.78, 5) is -0.0391. The molecule has 5 nitrogen and oxygen atoms in total. The van der Waals surface area contributed by atoms with Crippen molar-refractivity contribution in [3.63, 3.8) is 0 Å². The summed E-state index contributed by atoms with van der Waals surface area (Å²) >= 11 is 0. The fraction of sp³-hybridized carbons (Fsp3) is 0.538. The van der Waals surface area contributed by atoms with E-state index >= 15 is 0 Å². The number of aliphatic hydroxyl groups is 1. The fourth-order valence-electron chi connectivity index (χ4n) is 2.16. The number of nitrogens with one attached hydrogen (secondary N) is 1. The van der Waals surface area contributed by atoms with Gasteiger partial charge in [-0.05, 0) is 38.0 Å². The summed E-state index contributed by atoms with van der Waals surface area (Å²) in [6.45, 7) is 1.97. The molecule has 1 aliphatic rings. The topological polar surface area (TPSA) is 75.6 Å². The van der Waals surface area contributed by atoms with Gasteiger partial charge in [-0.25, -0.2) is 17.5 Å². The summed E-state index contributed by atoms with van der Waals surface area (Å²) in [6, 6.07) is 3.23. The number of hydrogen-bond donors (Lipinski definition) is 2. The lowest BCUT2D eigenvalue weighted by molar-refractivity contribution is -0.00475. The molecule has 1 saturated carbocycles. The average Bonchev–Trinajstić information content (AvgIpc) is 2.36. The molecular formula is C13H18FNO4S. The maximum atomic E-state index is 13.2. The van der Waals surface area contributed by atoms with Gasteiger partial charge in [0.1, 0.15) is 5.82 Å². The average molecular weight is 303 g/mol. The number of halogens is 1. The van der Waals surface area contributed by atoms with E-state index < -0.39 is 22.4 Å². The van der Waals surface area contributed by atoms with Gasteiger partial charge in [0, 0.05) is 18.2 Å². The predicted octanol–water partition coefficient (Wildman–Crippen LogP) is 1.16. The predicted molar refractivity (Wildman–Crippen MR) is 71.1 cm³/mol. The standard InChI is InChI=1S/C13H18FNO4S/c1-2-19-11-6-10(7-11)15-20(17,18)12-3-4-13(14)9(5-12)8-16/h3-5,10-11,15-16H,2,6-8H2,1H3. The van der Waals surface area contributed by atoms with Crippen molar-refractivity contribution in [2.45, 2.75) is 43.4 Å². The minimum atomic E-state index is -3.69. The highest BCUT2D eigenvalue weighted by atomic mass is 32.2. The van der Waals surface area contributed by atoms with E-state index in [0.29, 0.717) is 19.4 Å². The van der Waals surface area contributed by atoms with Crippen molar-refractivity contribution >= 4 is 10.0 Å². The van der Waals surface area contributed by atoms with Gasteiger partial charge in [0.05, 0.1) is 17.6 Å². The normalized spacial score (nSPS) is 22.6. The maximum Gasteiger partial charge on any atom is 0.240 e. The number of aliphatic hydroxyl groups excluding tert-OH is 1. The number of hydrogen-bond acceptors (Lipinski definition) is 4. The Morgan fingerprint density at radius 2 is 2.15 bits per heavy atom. The quantitative estimate of drug-likeness (QED) is 0.827. The summed E-state index contributed by atoms with van der Waals surface area (Å²) in [7, 11) is -3.69. The van der Waals surface area contributed by atoms with E-state index in [-0.39, 0.29) is 22.6 Å². The number of sulfonamides is 1. The summed E-state index contributed by atoms with van der Waals surface area (Å²) in [5, 5.41) is 8.97. The number of rotatable bonds is 6. The first-order valence-corrected chi connectivity index (χ1v) is 7.97. The highest BCUT2D eigenvalue weighted by Crippen LogP contribution is 2.25. The molecule has 2 N–H and O–H groups in total. The van der Waals surface area contributed by atoms with E-state index in [4.69, 9.17) is 9.84 Å². The van der Waals surface area contributed by atoms with Crippen LogP contribution in [-0.2, 0) is 21.4 Å². The van der Waals surface area contributed by atoms with Crippen LogP contribution >= 0.6 is 0 Å². The molecule has 20 heavy (non-hydrogen) atoms. The van der Waals surface area contributed by atoms with Gasteiger partial charge in [-0.15, -0.1) is 0 Å². The monoisotopic (exact) mass is 303 g/mol. The van der Waals surface area contributed by atoms with E-state index in [1.807, 2.05) is 6.92 Å².